The van der Waals surface area contributed by atoms with Gasteiger partial charge >= 0.3 is 0 Å². The summed E-state index contributed by atoms with van der Waals surface area (Å²) < 4.78 is 1.64. The number of anilines is 1. The van der Waals surface area contributed by atoms with Crippen LogP contribution in [0.1, 0.15) is 0 Å². The van der Waals surface area contributed by atoms with E-state index in [-0.39, 0.29) is 0 Å². The van der Waals surface area contributed by atoms with Crippen molar-refractivity contribution < 1.29 is 0 Å². The van der Waals surface area contributed by atoms with Gasteiger partial charge in [0.05, 0.1) is 24.3 Å². The smallest absolute Gasteiger partial charge is 0.154 e. The van der Waals surface area contributed by atoms with Crippen molar-refractivity contribution in [2.24, 2.45) is 0 Å². The number of fused-ring (bicyclic) bond motifs is 1. The maximum Gasteiger partial charge on any atom is 0.154 e. The maximum absolute atomic E-state index is 5.59. The van der Waals surface area contributed by atoms with Crippen molar-refractivity contribution in [1.82, 2.24) is 24.8 Å². The third-order valence-electron chi connectivity index (χ3n) is 2.22. The molecule has 3 aromatic rings. The minimum absolute atomic E-state index is 0.462. The zero-order valence-corrected chi connectivity index (χ0v) is 8.28. The Bertz CT molecular complexity index is 630. The second kappa shape index (κ2) is 3.27. The topological polar surface area (TPSA) is 82.0 Å². The van der Waals surface area contributed by atoms with E-state index in [9.17, 15) is 0 Å². The number of hydrogen-bond donors (Lipinski definition) is 1. The van der Waals surface area contributed by atoms with Gasteiger partial charge < -0.3 is 5.73 Å². The Hall–Kier alpha value is -2.50. The van der Waals surface area contributed by atoms with Crippen LogP contribution >= 0.6 is 0 Å². The lowest BCUT2D eigenvalue weighted by molar-refractivity contribution is 0.946. The predicted octanol–water partition coefficient (Wildman–Crippen LogP) is 0.768. The van der Waals surface area contributed by atoms with Gasteiger partial charge in [-0.05, 0) is 18.2 Å². The number of nitrogens with zero attached hydrogens (tertiary/aromatic N) is 5. The molecule has 3 rings (SSSR count). The van der Waals surface area contributed by atoms with Gasteiger partial charge in [0.2, 0.25) is 0 Å². The highest BCUT2D eigenvalue weighted by atomic mass is 15.3. The number of nitrogens with two attached hydrogens (primary N) is 1. The van der Waals surface area contributed by atoms with Gasteiger partial charge in [-0.2, -0.15) is 10.2 Å². The lowest BCUT2D eigenvalue weighted by Crippen LogP contribution is -1.95. The summed E-state index contributed by atoms with van der Waals surface area (Å²) in [6.45, 7) is 0. The summed E-state index contributed by atoms with van der Waals surface area (Å²) in [5, 5.41) is 11.6. The largest absolute Gasteiger partial charge is 0.382 e. The number of imidazole rings is 1. The Kier molecular flexibility index (Phi) is 1.79. The first-order valence-electron chi connectivity index (χ1n) is 4.72. The molecule has 16 heavy (non-hydrogen) atoms. The van der Waals surface area contributed by atoms with E-state index in [2.05, 4.69) is 20.3 Å². The molecule has 0 radical (unpaired) electrons. The molecule has 3 aromatic heterocycles. The van der Waals surface area contributed by atoms with Crippen molar-refractivity contribution >= 4 is 11.5 Å². The molecule has 2 N–H and O–H groups in total. The number of nitrogen functional groups attached to an aromatic ring is 1. The van der Waals surface area contributed by atoms with Crippen molar-refractivity contribution in [2.75, 3.05) is 5.73 Å². The van der Waals surface area contributed by atoms with Gasteiger partial charge in [-0.3, -0.25) is 0 Å². The van der Waals surface area contributed by atoms with Gasteiger partial charge in [-0.25, -0.2) is 9.50 Å². The molecular formula is C10H8N6. The number of hydrogen-bond acceptors (Lipinski definition) is 5. The lowest BCUT2D eigenvalue weighted by atomic mass is 10.2. The summed E-state index contributed by atoms with van der Waals surface area (Å²) in [4.78, 5) is 4.40. The molecule has 0 aliphatic heterocycles. The second-order valence-corrected chi connectivity index (χ2v) is 3.32. The van der Waals surface area contributed by atoms with Crippen LogP contribution in [0.5, 0.6) is 0 Å². The van der Waals surface area contributed by atoms with E-state index in [4.69, 9.17) is 5.73 Å². The van der Waals surface area contributed by atoms with E-state index in [1.807, 2.05) is 18.3 Å². The fourth-order valence-corrected chi connectivity index (χ4v) is 1.48. The molecule has 0 aromatic carbocycles. The van der Waals surface area contributed by atoms with E-state index in [1.54, 1.807) is 23.0 Å². The molecule has 0 aliphatic carbocycles. The van der Waals surface area contributed by atoms with E-state index in [1.165, 1.54) is 0 Å². The van der Waals surface area contributed by atoms with Gasteiger partial charge in [0.15, 0.2) is 5.65 Å². The molecule has 0 spiro atoms. The summed E-state index contributed by atoms with van der Waals surface area (Å²) in [5.74, 6) is 0.462. The summed E-state index contributed by atoms with van der Waals surface area (Å²) in [7, 11) is 0. The van der Waals surface area contributed by atoms with Crippen LogP contribution in [0.2, 0.25) is 0 Å². The molecular weight excluding hydrogens is 204 g/mol. The van der Waals surface area contributed by atoms with Crippen molar-refractivity contribution in [3.63, 3.8) is 0 Å². The first-order chi connectivity index (χ1) is 7.83. The molecule has 6 heteroatoms. The highest BCUT2D eigenvalue weighted by Gasteiger charge is 2.04. The standard InChI is InChI=1S/C10H8N6/c11-9-1-2-10-14-8(6-16(10)15-9)7-3-4-12-13-5-7/h1-6H,(H2,11,15). The fourth-order valence-electron chi connectivity index (χ4n) is 1.48. The van der Waals surface area contributed by atoms with Gasteiger partial charge in [0.25, 0.3) is 0 Å². The molecule has 6 nitrogen and oxygen atoms in total. The molecule has 0 amide bonds. The number of aromatic nitrogens is 5. The number of rotatable bonds is 1. The van der Waals surface area contributed by atoms with Gasteiger partial charge in [-0.1, -0.05) is 0 Å². The molecule has 78 valence electrons. The minimum Gasteiger partial charge on any atom is -0.382 e. The normalized spacial score (nSPS) is 10.8. The van der Waals surface area contributed by atoms with E-state index >= 15 is 0 Å². The van der Waals surface area contributed by atoms with Crippen LogP contribution in [0, 0.1) is 0 Å². The van der Waals surface area contributed by atoms with Gasteiger partial charge in [-0.15, -0.1) is 5.10 Å². The van der Waals surface area contributed by atoms with E-state index in [0.717, 1.165) is 16.9 Å². The average molecular weight is 212 g/mol. The molecule has 0 atom stereocenters. The second-order valence-electron chi connectivity index (χ2n) is 3.32. The van der Waals surface area contributed by atoms with Crippen molar-refractivity contribution in [3.05, 3.63) is 36.8 Å². The minimum atomic E-state index is 0.462. The summed E-state index contributed by atoms with van der Waals surface area (Å²) in [5.41, 5.74) is 8.04. The molecule has 0 bridgehead atoms. The van der Waals surface area contributed by atoms with E-state index < -0.39 is 0 Å². The molecule has 3 heterocycles. The first kappa shape index (κ1) is 8.78. The Morgan fingerprint density at radius 2 is 2.06 bits per heavy atom. The SMILES string of the molecule is Nc1ccc2nc(-c3ccnnc3)cn2n1. The van der Waals surface area contributed by atoms with Crippen molar-refractivity contribution in [2.45, 2.75) is 0 Å². The van der Waals surface area contributed by atoms with Gasteiger partial charge in [0.1, 0.15) is 5.82 Å². The quantitative estimate of drug-likeness (QED) is 0.644. The molecule has 0 saturated heterocycles. The lowest BCUT2D eigenvalue weighted by Gasteiger charge is -1.91. The summed E-state index contributed by atoms with van der Waals surface area (Å²) in [6, 6.07) is 5.38. The van der Waals surface area contributed by atoms with E-state index in [0.29, 0.717) is 5.82 Å². The van der Waals surface area contributed by atoms with Crippen molar-refractivity contribution in [3.8, 4) is 11.3 Å². The Balaban J connectivity index is 2.19. The zero-order chi connectivity index (χ0) is 11.0. The zero-order valence-electron chi connectivity index (χ0n) is 8.28. The third-order valence-corrected chi connectivity index (χ3v) is 2.22. The summed E-state index contributed by atoms with van der Waals surface area (Å²) in [6.07, 6.45) is 5.09. The van der Waals surface area contributed by atoms with Crippen molar-refractivity contribution in [1.29, 1.82) is 0 Å². The Labute approximate surface area is 90.8 Å². The predicted molar refractivity (Wildman–Crippen MR) is 58.4 cm³/mol. The Morgan fingerprint density at radius 1 is 1.12 bits per heavy atom. The van der Waals surface area contributed by atoms with Crippen LogP contribution in [0.25, 0.3) is 16.9 Å². The fraction of sp³-hybridized carbons (Fsp3) is 0. The van der Waals surface area contributed by atoms with Crippen LogP contribution in [0.15, 0.2) is 36.8 Å². The van der Waals surface area contributed by atoms with Crippen LogP contribution in [0.4, 0.5) is 5.82 Å². The maximum atomic E-state index is 5.59. The van der Waals surface area contributed by atoms with Crippen LogP contribution in [-0.2, 0) is 0 Å². The van der Waals surface area contributed by atoms with Crippen LogP contribution in [0.3, 0.4) is 0 Å². The van der Waals surface area contributed by atoms with Gasteiger partial charge in [0, 0.05) is 5.56 Å². The molecule has 0 saturated carbocycles. The molecule has 0 fully saturated rings. The monoisotopic (exact) mass is 212 g/mol. The first-order valence-corrected chi connectivity index (χ1v) is 4.72. The van der Waals surface area contributed by atoms with Crippen LogP contribution < -0.4 is 5.73 Å². The summed E-state index contributed by atoms with van der Waals surface area (Å²) >= 11 is 0. The molecule has 0 unspecified atom stereocenters. The highest BCUT2D eigenvalue weighted by molar-refractivity contribution is 5.61. The molecule has 0 aliphatic rings. The Morgan fingerprint density at radius 3 is 2.88 bits per heavy atom. The highest BCUT2D eigenvalue weighted by Crippen LogP contribution is 2.16. The third kappa shape index (κ3) is 1.36. The average Bonchev–Trinajstić information content (AvgIpc) is 2.73. The van der Waals surface area contributed by atoms with Crippen LogP contribution in [-0.4, -0.2) is 24.8 Å².